The van der Waals surface area contributed by atoms with Gasteiger partial charge in [-0.25, -0.2) is 0 Å². The highest BCUT2D eigenvalue weighted by atomic mass is 16.3. The van der Waals surface area contributed by atoms with Crippen molar-refractivity contribution in [1.82, 2.24) is 9.88 Å². The summed E-state index contributed by atoms with van der Waals surface area (Å²) in [5.41, 5.74) is 0.971. The standard InChI is InChI=1S/C22H26N2O3/c25-20-19(12-13-24(22(20)27)14-15-6-7-15)21(26)23-18-10-8-17(9-11-18)16-4-2-1-3-5-16/h1-5,12-13,15,17-18,25H,6-11,14H2,(H,23,26)/t17-,18+. The first kappa shape index (κ1) is 17.8. The van der Waals surface area contributed by atoms with Crippen molar-refractivity contribution in [2.45, 2.75) is 57.0 Å². The van der Waals surface area contributed by atoms with Crippen LogP contribution in [0.4, 0.5) is 0 Å². The van der Waals surface area contributed by atoms with Gasteiger partial charge in [-0.1, -0.05) is 30.3 Å². The third-order valence-electron chi connectivity index (χ3n) is 5.87. The second-order valence-electron chi connectivity index (χ2n) is 7.91. The zero-order valence-electron chi connectivity index (χ0n) is 15.4. The molecule has 0 atom stereocenters. The van der Waals surface area contributed by atoms with E-state index in [-0.39, 0.29) is 17.5 Å². The molecule has 0 saturated heterocycles. The van der Waals surface area contributed by atoms with Crippen molar-refractivity contribution >= 4 is 5.91 Å². The largest absolute Gasteiger partial charge is 0.502 e. The van der Waals surface area contributed by atoms with Crippen LogP contribution >= 0.6 is 0 Å². The molecule has 1 aromatic carbocycles. The smallest absolute Gasteiger partial charge is 0.293 e. The van der Waals surface area contributed by atoms with E-state index in [2.05, 4.69) is 29.6 Å². The number of nitrogens with zero attached hydrogens (tertiary/aromatic N) is 1. The summed E-state index contributed by atoms with van der Waals surface area (Å²) in [7, 11) is 0. The minimum absolute atomic E-state index is 0.0808. The maximum absolute atomic E-state index is 12.6. The molecule has 1 heterocycles. The van der Waals surface area contributed by atoms with Gasteiger partial charge in [-0.15, -0.1) is 0 Å². The normalized spacial score (nSPS) is 22.4. The highest BCUT2D eigenvalue weighted by molar-refractivity contribution is 5.96. The van der Waals surface area contributed by atoms with Gasteiger partial charge in [0, 0.05) is 18.8 Å². The monoisotopic (exact) mass is 366 g/mol. The minimum atomic E-state index is -0.470. The molecule has 4 rings (SSSR count). The van der Waals surface area contributed by atoms with E-state index in [9.17, 15) is 14.7 Å². The third kappa shape index (κ3) is 4.07. The van der Waals surface area contributed by atoms with Crippen molar-refractivity contribution in [2.75, 3.05) is 0 Å². The lowest BCUT2D eigenvalue weighted by atomic mass is 9.82. The van der Waals surface area contributed by atoms with Crippen molar-refractivity contribution in [3.05, 3.63) is 64.1 Å². The van der Waals surface area contributed by atoms with Gasteiger partial charge < -0.3 is 15.0 Å². The van der Waals surface area contributed by atoms with Crippen LogP contribution in [0.25, 0.3) is 0 Å². The number of aromatic nitrogens is 1. The lowest BCUT2D eigenvalue weighted by Crippen LogP contribution is -2.38. The molecule has 2 aliphatic rings. The molecule has 2 saturated carbocycles. The van der Waals surface area contributed by atoms with E-state index in [0.717, 1.165) is 38.5 Å². The predicted molar refractivity (Wildman–Crippen MR) is 104 cm³/mol. The molecule has 2 aromatic rings. The van der Waals surface area contributed by atoms with Crippen LogP contribution in [-0.2, 0) is 6.54 Å². The third-order valence-corrected chi connectivity index (χ3v) is 5.87. The summed E-state index contributed by atoms with van der Waals surface area (Å²) >= 11 is 0. The van der Waals surface area contributed by atoms with Crippen LogP contribution in [0.2, 0.25) is 0 Å². The van der Waals surface area contributed by atoms with E-state index in [1.807, 2.05) is 6.07 Å². The number of rotatable bonds is 5. The van der Waals surface area contributed by atoms with Gasteiger partial charge in [0.2, 0.25) is 0 Å². The van der Waals surface area contributed by atoms with Gasteiger partial charge in [0.05, 0.1) is 5.56 Å². The Balaban J connectivity index is 1.37. The van der Waals surface area contributed by atoms with Crippen LogP contribution in [0.5, 0.6) is 5.75 Å². The van der Waals surface area contributed by atoms with Gasteiger partial charge >= 0.3 is 0 Å². The number of hydrogen-bond donors (Lipinski definition) is 2. The molecule has 5 nitrogen and oxygen atoms in total. The predicted octanol–water partition coefficient (Wildman–Crippen LogP) is 3.42. The van der Waals surface area contributed by atoms with Gasteiger partial charge in [0.15, 0.2) is 5.75 Å². The molecule has 2 N–H and O–H groups in total. The average Bonchev–Trinajstić information content (AvgIpc) is 3.51. The molecule has 0 bridgehead atoms. The molecule has 27 heavy (non-hydrogen) atoms. The van der Waals surface area contributed by atoms with Crippen LogP contribution in [-0.4, -0.2) is 21.6 Å². The maximum Gasteiger partial charge on any atom is 0.293 e. The van der Waals surface area contributed by atoms with Crippen molar-refractivity contribution in [2.24, 2.45) is 5.92 Å². The van der Waals surface area contributed by atoms with Gasteiger partial charge in [-0.3, -0.25) is 9.59 Å². The second kappa shape index (κ2) is 7.59. The first-order valence-electron chi connectivity index (χ1n) is 9.90. The van der Waals surface area contributed by atoms with E-state index in [1.165, 1.54) is 10.1 Å². The Morgan fingerprint density at radius 2 is 1.74 bits per heavy atom. The van der Waals surface area contributed by atoms with Crippen LogP contribution < -0.4 is 10.9 Å². The molecule has 0 radical (unpaired) electrons. The number of carbonyl (C=O) groups is 1. The molecule has 2 aliphatic carbocycles. The fourth-order valence-corrected chi connectivity index (χ4v) is 4.03. The highest BCUT2D eigenvalue weighted by Crippen LogP contribution is 2.33. The van der Waals surface area contributed by atoms with Gasteiger partial charge in [-0.2, -0.15) is 0 Å². The molecule has 142 valence electrons. The van der Waals surface area contributed by atoms with Crippen molar-refractivity contribution in [1.29, 1.82) is 0 Å². The minimum Gasteiger partial charge on any atom is -0.502 e. The Hall–Kier alpha value is -2.56. The summed E-state index contributed by atoms with van der Waals surface area (Å²) < 4.78 is 1.51. The SMILES string of the molecule is O=C(N[C@H]1CC[C@@H](c2ccccc2)CC1)c1ccn(CC2CC2)c(=O)c1O. The van der Waals surface area contributed by atoms with E-state index >= 15 is 0 Å². The summed E-state index contributed by atoms with van der Waals surface area (Å²) in [4.78, 5) is 24.8. The summed E-state index contributed by atoms with van der Waals surface area (Å²) in [6, 6.07) is 12.1. The van der Waals surface area contributed by atoms with Crippen LogP contribution in [0.1, 0.15) is 60.4 Å². The Morgan fingerprint density at radius 1 is 1.04 bits per heavy atom. The number of hydrogen-bond acceptors (Lipinski definition) is 3. The van der Waals surface area contributed by atoms with E-state index < -0.39 is 11.3 Å². The Kier molecular flexibility index (Phi) is 5.01. The maximum atomic E-state index is 12.6. The van der Waals surface area contributed by atoms with Crippen molar-refractivity contribution < 1.29 is 9.90 Å². The number of nitrogens with one attached hydrogen (secondary N) is 1. The Morgan fingerprint density at radius 3 is 2.41 bits per heavy atom. The summed E-state index contributed by atoms with van der Waals surface area (Å²) in [6.07, 6.45) is 7.76. The van der Waals surface area contributed by atoms with Crippen molar-refractivity contribution in [3.8, 4) is 5.75 Å². The van der Waals surface area contributed by atoms with Crippen molar-refractivity contribution in [3.63, 3.8) is 0 Å². The topological polar surface area (TPSA) is 71.3 Å². The summed E-state index contributed by atoms with van der Waals surface area (Å²) in [6.45, 7) is 0.623. The molecular formula is C22H26N2O3. The van der Waals surface area contributed by atoms with Gasteiger partial charge in [0.25, 0.3) is 11.5 Å². The second-order valence-corrected chi connectivity index (χ2v) is 7.91. The quantitative estimate of drug-likeness (QED) is 0.852. The molecule has 1 aromatic heterocycles. The molecule has 0 spiro atoms. The lowest BCUT2D eigenvalue weighted by Gasteiger charge is -2.29. The van der Waals surface area contributed by atoms with Gasteiger partial charge in [-0.05, 0) is 62.0 Å². The summed E-state index contributed by atoms with van der Waals surface area (Å²) in [5, 5.41) is 13.2. The Labute approximate surface area is 159 Å². The molecule has 0 unspecified atom stereocenters. The fourth-order valence-electron chi connectivity index (χ4n) is 4.03. The highest BCUT2D eigenvalue weighted by Gasteiger charge is 2.26. The lowest BCUT2D eigenvalue weighted by molar-refractivity contribution is 0.0922. The first-order valence-corrected chi connectivity index (χ1v) is 9.90. The number of carbonyl (C=O) groups excluding carboxylic acids is 1. The fraction of sp³-hybridized carbons (Fsp3) is 0.455. The number of pyridine rings is 1. The summed E-state index contributed by atoms with van der Waals surface area (Å²) in [5.74, 6) is 0.278. The molecule has 5 heteroatoms. The van der Waals surface area contributed by atoms with Crippen LogP contribution in [0, 0.1) is 5.92 Å². The number of benzene rings is 1. The van der Waals surface area contributed by atoms with E-state index in [4.69, 9.17) is 0 Å². The zero-order valence-corrected chi connectivity index (χ0v) is 15.4. The first-order chi connectivity index (χ1) is 13.1. The Bertz CT molecular complexity index is 863. The zero-order chi connectivity index (χ0) is 18.8. The van der Waals surface area contributed by atoms with Gasteiger partial charge in [0.1, 0.15) is 0 Å². The average molecular weight is 366 g/mol. The molecular weight excluding hydrogens is 340 g/mol. The molecule has 2 fully saturated rings. The molecule has 1 amide bonds. The molecule has 0 aliphatic heterocycles. The van der Waals surface area contributed by atoms with Crippen LogP contribution in [0.15, 0.2) is 47.4 Å². The van der Waals surface area contributed by atoms with Crippen LogP contribution in [0.3, 0.4) is 0 Å². The van der Waals surface area contributed by atoms with E-state index in [0.29, 0.717) is 18.4 Å². The number of amides is 1. The van der Waals surface area contributed by atoms with E-state index in [1.54, 1.807) is 12.3 Å². The number of aromatic hydroxyl groups is 1.